The van der Waals surface area contributed by atoms with Crippen molar-refractivity contribution in [1.29, 1.82) is 0 Å². The predicted molar refractivity (Wildman–Crippen MR) is 186 cm³/mol. The van der Waals surface area contributed by atoms with Gasteiger partial charge >= 0.3 is 0 Å². The lowest BCUT2D eigenvalue weighted by Gasteiger charge is -2.12. The summed E-state index contributed by atoms with van der Waals surface area (Å²) >= 11 is 0. The zero-order valence-corrected chi connectivity index (χ0v) is 23.9. The van der Waals surface area contributed by atoms with E-state index < -0.39 is 0 Å². The molecule has 10 aromatic rings. The first-order chi connectivity index (χ1) is 21.9. The average molecular weight is 559 g/mol. The Morgan fingerprint density at radius 1 is 0.341 bits per heavy atom. The van der Waals surface area contributed by atoms with Crippen LogP contribution in [0.2, 0.25) is 0 Å². The van der Waals surface area contributed by atoms with Gasteiger partial charge in [-0.2, -0.15) is 0 Å². The largest absolute Gasteiger partial charge is 0.309 e. The molecule has 0 spiro atoms. The van der Waals surface area contributed by atoms with Gasteiger partial charge in [0.1, 0.15) is 0 Å². The fraction of sp³-hybridized carbons (Fsp3) is 0. The van der Waals surface area contributed by atoms with E-state index in [4.69, 9.17) is 0 Å². The Morgan fingerprint density at radius 3 is 1.64 bits per heavy atom. The maximum atomic E-state index is 2.58. The maximum absolute atomic E-state index is 2.58. The first-order valence-electron chi connectivity index (χ1n) is 15.2. The zero-order valence-electron chi connectivity index (χ0n) is 23.9. The molecule has 0 bridgehead atoms. The first-order valence-corrected chi connectivity index (χ1v) is 15.2. The Bertz CT molecular complexity index is 2680. The van der Waals surface area contributed by atoms with Crippen LogP contribution in [0.25, 0.3) is 87.8 Å². The number of hydrogen-bond donors (Lipinski definition) is 0. The second-order valence-electron chi connectivity index (χ2n) is 11.7. The van der Waals surface area contributed by atoms with Gasteiger partial charge in [0.2, 0.25) is 0 Å². The SMILES string of the molecule is c1ccc(-c2c(-c3ccccc3)n3c4ccccc4c4cccc5c4c4c(c6ccccc6c2c43)n5-c2ccccc2)cc1. The number of hydrogen-bond acceptors (Lipinski definition) is 0. The topological polar surface area (TPSA) is 9.34 Å². The number of rotatable bonds is 3. The van der Waals surface area contributed by atoms with Crippen LogP contribution < -0.4 is 0 Å². The van der Waals surface area contributed by atoms with E-state index in [1.807, 2.05) is 0 Å². The van der Waals surface area contributed by atoms with E-state index in [0.29, 0.717) is 0 Å². The summed E-state index contributed by atoms with van der Waals surface area (Å²) in [5.74, 6) is 0. The smallest absolute Gasteiger partial charge is 0.0648 e. The summed E-state index contributed by atoms with van der Waals surface area (Å²) in [6.45, 7) is 0. The maximum Gasteiger partial charge on any atom is 0.0648 e. The summed E-state index contributed by atoms with van der Waals surface area (Å²) < 4.78 is 5.07. The fourth-order valence-corrected chi connectivity index (χ4v) is 7.77. The van der Waals surface area contributed by atoms with Gasteiger partial charge in [-0.15, -0.1) is 0 Å². The summed E-state index contributed by atoms with van der Waals surface area (Å²) in [5, 5.41) is 8.98. The minimum atomic E-state index is 1.17. The van der Waals surface area contributed by atoms with Gasteiger partial charge in [0.05, 0.1) is 27.8 Å². The van der Waals surface area contributed by atoms with Crippen LogP contribution in [0, 0.1) is 0 Å². The predicted octanol–water partition coefficient (Wildman–Crippen LogP) is 11.3. The van der Waals surface area contributed by atoms with Crippen molar-refractivity contribution in [3.05, 3.63) is 158 Å². The highest BCUT2D eigenvalue weighted by Gasteiger charge is 2.29. The lowest BCUT2D eigenvalue weighted by Crippen LogP contribution is -1.95. The zero-order chi connectivity index (χ0) is 28.8. The Labute approximate surface area is 254 Å². The Balaban J connectivity index is 1.65. The van der Waals surface area contributed by atoms with Gasteiger partial charge in [0.25, 0.3) is 0 Å². The lowest BCUT2D eigenvalue weighted by molar-refractivity contribution is 1.19. The van der Waals surface area contributed by atoms with Crippen molar-refractivity contribution in [3.63, 3.8) is 0 Å². The van der Waals surface area contributed by atoms with E-state index in [1.165, 1.54) is 87.8 Å². The highest BCUT2D eigenvalue weighted by atomic mass is 15.0. The summed E-state index contributed by atoms with van der Waals surface area (Å²) in [4.78, 5) is 0. The molecule has 3 aromatic heterocycles. The molecule has 3 heterocycles. The molecule has 0 amide bonds. The molecule has 2 heteroatoms. The van der Waals surface area contributed by atoms with Crippen LogP contribution in [0.5, 0.6) is 0 Å². The van der Waals surface area contributed by atoms with Crippen LogP contribution in [0.15, 0.2) is 158 Å². The summed E-state index contributed by atoms with van der Waals surface area (Å²) in [7, 11) is 0. The van der Waals surface area contributed by atoms with Crippen LogP contribution in [0.1, 0.15) is 0 Å². The number of fused-ring (bicyclic) bond motifs is 6. The van der Waals surface area contributed by atoms with Gasteiger partial charge in [-0.25, -0.2) is 0 Å². The quantitative estimate of drug-likeness (QED) is 0.204. The van der Waals surface area contributed by atoms with Gasteiger partial charge in [0, 0.05) is 38.2 Å². The number of nitrogens with zero attached hydrogens (tertiary/aromatic N) is 2. The fourth-order valence-electron chi connectivity index (χ4n) is 7.77. The van der Waals surface area contributed by atoms with Crippen LogP contribution in [-0.2, 0) is 0 Å². The molecule has 0 unspecified atom stereocenters. The molecule has 0 radical (unpaired) electrons. The monoisotopic (exact) mass is 558 g/mol. The minimum absolute atomic E-state index is 1.17. The van der Waals surface area contributed by atoms with Crippen molar-refractivity contribution in [2.75, 3.05) is 0 Å². The second kappa shape index (κ2) is 8.82. The molecule has 0 fully saturated rings. The van der Waals surface area contributed by atoms with E-state index in [9.17, 15) is 0 Å². The molecule has 204 valence electrons. The summed E-state index contributed by atoms with van der Waals surface area (Å²) in [6.07, 6.45) is 0. The number of aromatic nitrogens is 2. The molecular formula is C42H26N2. The number of benzene rings is 7. The molecule has 0 aliphatic carbocycles. The third kappa shape index (κ3) is 2.99. The van der Waals surface area contributed by atoms with Gasteiger partial charge in [-0.05, 0) is 46.2 Å². The van der Waals surface area contributed by atoms with E-state index >= 15 is 0 Å². The van der Waals surface area contributed by atoms with E-state index in [1.54, 1.807) is 0 Å². The molecule has 2 nitrogen and oxygen atoms in total. The van der Waals surface area contributed by atoms with Crippen molar-refractivity contribution in [2.24, 2.45) is 0 Å². The first kappa shape index (κ1) is 23.7. The summed E-state index contributed by atoms with van der Waals surface area (Å²) in [5.41, 5.74) is 11.1. The number of para-hydroxylation sites is 2. The van der Waals surface area contributed by atoms with Crippen molar-refractivity contribution >= 4 is 59.8 Å². The van der Waals surface area contributed by atoms with Gasteiger partial charge < -0.3 is 8.97 Å². The highest BCUT2D eigenvalue weighted by Crippen LogP contribution is 2.52. The molecule has 0 N–H and O–H groups in total. The van der Waals surface area contributed by atoms with E-state index in [0.717, 1.165) is 0 Å². The molecule has 0 aliphatic heterocycles. The van der Waals surface area contributed by atoms with E-state index in [2.05, 4.69) is 167 Å². The van der Waals surface area contributed by atoms with Crippen LogP contribution in [0.4, 0.5) is 0 Å². The third-order valence-corrected chi connectivity index (χ3v) is 9.41. The van der Waals surface area contributed by atoms with Crippen molar-refractivity contribution in [2.45, 2.75) is 0 Å². The Morgan fingerprint density at radius 2 is 0.886 bits per heavy atom. The van der Waals surface area contributed by atoms with Crippen molar-refractivity contribution in [3.8, 4) is 28.1 Å². The van der Waals surface area contributed by atoms with Crippen LogP contribution in [0.3, 0.4) is 0 Å². The molecular weight excluding hydrogens is 532 g/mol. The molecule has 0 atom stereocenters. The Hall–Kier alpha value is -5.86. The second-order valence-corrected chi connectivity index (χ2v) is 11.7. The van der Waals surface area contributed by atoms with Crippen LogP contribution >= 0.6 is 0 Å². The molecule has 0 saturated carbocycles. The highest BCUT2D eigenvalue weighted by molar-refractivity contribution is 6.39. The van der Waals surface area contributed by atoms with E-state index in [-0.39, 0.29) is 0 Å². The molecule has 0 aliphatic rings. The van der Waals surface area contributed by atoms with Gasteiger partial charge in [-0.1, -0.05) is 133 Å². The van der Waals surface area contributed by atoms with Gasteiger partial charge in [-0.3, -0.25) is 0 Å². The molecule has 0 saturated heterocycles. The standard InChI is InChI=1S/C42H26N2/c1-4-15-27(16-5-1)36-38-32-22-10-11-23-33(32)41-39-37-31(24-14-26-35(37)43(41)29-19-8-3-9-20-29)30-21-12-13-25-34(30)44(42(38)39)40(36)28-17-6-2-7-18-28/h1-26H. The summed E-state index contributed by atoms with van der Waals surface area (Å²) in [6, 6.07) is 57.5. The Kier molecular flexibility index (Phi) is 4.75. The average Bonchev–Trinajstić information content (AvgIpc) is 3.60. The van der Waals surface area contributed by atoms with Crippen molar-refractivity contribution < 1.29 is 0 Å². The normalized spacial score (nSPS) is 12.1. The molecule has 7 aromatic carbocycles. The molecule has 44 heavy (non-hydrogen) atoms. The molecule has 10 rings (SSSR count). The minimum Gasteiger partial charge on any atom is -0.309 e. The lowest BCUT2D eigenvalue weighted by atomic mass is 9.93. The third-order valence-electron chi connectivity index (χ3n) is 9.41. The van der Waals surface area contributed by atoms with Crippen LogP contribution in [-0.4, -0.2) is 8.97 Å². The van der Waals surface area contributed by atoms with Crippen molar-refractivity contribution in [1.82, 2.24) is 8.97 Å². The van der Waals surface area contributed by atoms with Gasteiger partial charge in [0.15, 0.2) is 0 Å².